The van der Waals surface area contributed by atoms with E-state index >= 15 is 0 Å². The molecule has 0 unspecified atom stereocenters. The third-order valence-electron chi connectivity index (χ3n) is 8.35. The molecule has 1 aromatic carbocycles. The Kier molecular flexibility index (Phi) is 5.38. The smallest absolute Gasteiger partial charge is 0.147 e. The van der Waals surface area contributed by atoms with Crippen molar-refractivity contribution in [3.63, 3.8) is 0 Å². The minimum absolute atomic E-state index is 0.235. The number of nitrogens with zero attached hydrogens (tertiary/aromatic N) is 4. The average Bonchev–Trinajstić information content (AvgIpc) is 3.62. The van der Waals surface area contributed by atoms with Crippen LogP contribution in [0.2, 0.25) is 10.0 Å². The largest absolute Gasteiger partial charge is 0.371 e. The quantitative estimate of drug-likeness (QED) is 0.266. The van der Waals surface area contributed by atoms with Gasteiger partial charge in [0.15, 0.2) is 0 Å². The number of allylic oxidation sites excluding steroid dienone is 2. The molecule has 7 heteroatoms. The topological polar surface area (TPSA) is 55.1 Å². The van der Waals surface area contributed by atoms with E-state index in [0.717, 1.165) is 79.0 Å². The van der Waals surface area contributed by atoms with E-state index in [1.54, 1.807) is 12.4 Å². The Hall–Kier alpha value is -2.89. The van der Waals surface area contributed by atoms with Crippen LogP contribution in [0.25, 0.3) is 27.7 Å². The summed E-state index contributed by atoms with van der Waals surface area (Å²) in [6.45, 7) is 6.32. The summed E-state index contributed by atoms with van der Waals surface area (Å²) in [4.78, 5) is 11.3. The van der Waals surface area contributed by atoms with Crippen molar-refractivity contribution in [2.24, 2.45) is 5.41 Å². The third kappa shape index (κ3) is 3.95. The molecule has 2 aliphatic carbocycles. The monoisotopic (exact) mass is 530 g/mol. The van der Waals surface area contributed by atoms with Crippen LogP contribution in [-0.2, 0) is 0 Å². The highest BCUT2D eigenvalue weighted by Crippen LogP contribution is 2.56. The summed E-state index contributed by atoms with van der Waals surface area (Å²) >= 11 is 13.0. The lowest BCUT2D eigenvalue weighted by atomic mass is 9.63. The molecule has 1 spiro atoms. The lowest BCUT2D eigenvalue weighted by molar-refractivity contribution is 0.277. The maximum absolute atomic E-state index is 6.52. The minimum atomic E-state index is 0.235. The highest BCUT2D eigenvalue weighted by molar-refractivity contribution is 6.39. The molecule has 0 N–H and O–H groups in total. The zero-order valence-electron chi connectivity index (χ0n) is 21.0. The second-order valence-electron chi connectivity index (χ2n) is 11.0. The van der Waals surface area contributed by atoms with E-state index in [1.807, 2.05) is 0 Å². The number of fused-ring (bicyclic) bond motifs is 1. The van der Waals surface area contributed by atoms with E-state index in [-0.39, 0.29) is 5.41 Å². The van der Waals surface area contributed by atoms with Crippen molar-refractivity contribution in [1.82, 2.24) is 15.1 Å². The molecule has 7 rings (SSSR count). The summed E-state index contributed by atoms with van der Waals surface area (Å²) in [6, 6.07) is 8.87. The molecule has 0 atom stereocenters. The first-order chi connectivity index (χ1) is 17.9. The lowest BCUT2D eigenvalue weighted by Crippen LogP contribution is -2.42. The number of aryl methyl sites for hydroxylation is 2. The number of halogens is 2. The van der Waals surface area contributed by atoms with E-state index in [0.29, 0.717) is 16.0 Å². The van der Waals surface area contributed by atoms with E-state index in [1.165, 1.54) is 22.2 Å². The predicted octanol–water partition coefficient (Wildman–Crippen LogP) is 8.16. The molecule has 1 saturated heterocycles. The van der Waals surface area contributed by atoms with E-state index in [9.17, 15) is 0 Å². The van der Waals surface area contributed by atoms with Crippen LogP contribution in [0.3, 0.4) is 0 Å². The first kappa shape index (κ1) is 23.2. The number of piperidine rings is 1. The molecule has 0 radical (unpaired) electrons. The number of aromatic nitrogens is 3. The van der Waals surface area contributed by atoms with Crippen LogP contribution in [0.5, 0.6) is 0 Å². The molecule has 3 aliphatic rings. The highest BCUT2D eigenvalue weighted by Gasteiger charge is 2.44. The third-order valence-corrected chi connectivity index (χ3v) is 8.93. The fourth-order valence-corrected chi connectivity index (χ4v) is 6.75. The van der Waals surface area contributed by atoms with Crippen molar-refractivity contribution < 1.29 is 4.52 Å². The first-order valence-corrected chi connectivity index (χ1v) is 13.8. The van der Waals surface area contributed by atoms with Gasteiger partial charge in [-0.25, -0.2) is 0 Å². The van der Waals surface area contributed by atoms with Crippen molar-refractivity contribution in [3.8, 4) is 11.3 Å². The van der Waals surface area contributed by atoms with Gasteiger partial charge in [-0.2, -0.15) is 0 Å². The van der Waals surface area contributed by atoms with Gasteiger partial charge in [0.1, 0.15) is 11.5 Å². The Morgan fingerprint density at radius 2 is 1.73 bits per heavy atom. The Labute approximate surface area is 226 Å². The second kappa shape index (κ2) is 8.57. The Morgan fingerprint density at radius 3 is 2.43 bits per heavy atom. The molecule has 1 saturated carbocycles. The fourth-order valence-electron chi connectivity index (χ4n) is 6.20. The zero-order valence-corrected chi connectivity index (χ0v) is 22.5. The van der Waals surface area contributed by atoms with Gasteiger partial charge in [0.25, 0.3) is 0 Å². The summed E-state index contributed by atoms with van der Waals surface area (Å²) in [6.07, 6.45) is 11.3. The van der Waals surface area contributed by atoms with Gasteiger partial charge < -0.3 is 9.42 Å². The number of hydrogen-bond acceptors (Lipinski definition) is 5. The van der Waals surface area contributed by atoms with Gasteiger partial charge in [0.2, 0.25) is 0 Å². The van der Waals surface area contributed by atoms with Crippen LogP contribution in [0.15, 0.2) is 47.3 Å². The summed E-state index contributed by atoms with van der Waals surface area (Å²) in [7, 11) is 0. The molecule has 0 amide bonds. The molecule has 188 valence electrons. The number of benzene rings is 1. The maximum atomic E-state index is 6.52. The summed E-state index contributed by atoms with van der Waals surface area (Å²) < 4.78 is 5.90. The Balaban J connectivity index is 1.15. The molecule has 37 heavy (non-hydrogen) atoms. The Bertz CT molecular complexity index is 1560. The molecule has 5 nitrogen and oxygen atoms in total. The number of anilines is 1. The van der Waals surface area contributed by atoms with Crippen LogP contribution >= 0.6 is 23.2 Å². The van der Waals surface area contributed by atoms with Crippen LogP contribution in [0.4, 0.5) is 5.69 Å². The van der Waals surface area contributed by atoms with Gasteiger partial charge in [0.05, 0.1) is 15.6 Å². The van der Waals surface area contributed by atoms with Gasteiger partial charge in [-0.15, -0.1) is 0 Å². The van der Waals surface area contributed by atoms with Crippen molar-refractivity contribution in [2.75, 3.05) is 18.0 Å². The van der Waals surface area contributed by atoms with E-state index in [4.69, 9.17) is 32.7 Å². The molecular weight excluding hydrogens is 503 g/mol. The van der Waals surface area contributed by atoms with Crippen molar-refractivity contribution in [3.05, 3.63) is 75.4 Å². The molecule has 2 fully saturated rings. The summed E-state index contributed by atoms with van der Waals surface area (Å²) in [5, 5.41) is 6.72. The Morgan fingerprint density at radius 1 is 1.00 bits per heavy atom. The van der Waals surface area contributed by atoms with Gasteiger partial charge >= 0.3 is 0 Å². The molecule has 4 aromatic rings. The van der Waals surface area contributed by atoms with Crippen molar-refractivity contribution >= 4 is 45.4 Å². The molecule has 0 bridgehead atoms. The summed E-state index contributed by atoms with van der Waals surface area (Å²) in [5.41, 5.74) is 8.86. The summed E-state index contributed by atoms with van der Waals surface area (Å²) in [5.74, 6) is 1.44. The molecule has 3 aromatic heterocycles. The SMILES string of the molecule is Cc1cc(C)c2cc(N3CCC4(C=C(c5c(-c6c(Cl)cncc6Cl)noc5C5CC5)C4)CC3)ccc2n1. The number of hydrogen-bond donors (Lipinski definition) is 0. The highest BCUT2D eigenvalue weighted by atomic mass is 35.5. The molecular formula is C30H28Cl2N4O. The van der Waals surface area contributed by atoms with Gasteiger partial charge in [0, 0.05) is 59.3 Å². The predicted molar refractivity (Wildman–Crippen MR) is 149 cm³/mol. The fraction of sp³-hybridized carbons (Fsp3) is 0.367. The van der Waals surface area contributed by atoms with Crippen molar-refractivity contribution in [1.29, 1.82) is 0 Å². The van der Waals surface area contributed by atoms with Gasteiger partial charge in [-0.1, -0.05) is 34.4 Å². The maximum Gasteiger partial charge on any atom is 0.147 e. The van der Waals surface area contributed by atoms with Gasteiger partial charge in [-0.05, 0) is 86.8 Å². The van der Waals surface area contributed by atoms with Crippen LogP contribution < -0.4 is 4.90 Å². The van der Waals surface area contributed by atoms with Crippen LogP contribution in [0, 0.1) is 19.3 Å². The van der Waals surface area contributed by atoms with Gasteiger partial charge in [-0.3, -0.25) is 9.97 Å². The van der Waals surface area contributed by atoms with E-state index < -0.39 is 0 Å². The number of rotatable bonds is 4. The number of pyridine rings is 2. The second-order valence-corrected chi connectivity index (χ2v) is 11.8. The zero-order chi connectivity index (χ0) is 25.3. The standard InChI is InChI=1S/C30H28Cl2N4O/c1-17-11-18(2)34-25-6-5-21(12-22(17)25)36-9-7-30(8-10-36)13-20(14-30)26-28(35-37-29(26)19-3-4-19)27-23(31)15-33-16-24(27)32/h5-6,11-13,15-16,19H,3-4,7-10,14H2,1-2H3. The van der Waals surface area contributed by atoms with Crippen LogP contribution in [0.1, 0.15) is 60.6 Å². The minimum Gasteiger partial charge on any atom is -0.371 e. The lowest BCUT2D eigenvalue weighted by Gasteiger charge is -2.47. The van der Waals surface area contributed by atoms with Crippen LogP contribution in [-0.4, -0.2) is 28.2 Å². The molecule has 4 heterocycles. The van der Waals surface area contributed by atoms with E-state index in [2.05, 4.69) is 59.2 Å². The average molecular weight is 531 g/mol. The first-order valence-electron chi connectivity index (χ1n) is 13.0. The normalized spacial score (nSPS) is 18.8. The van der Waals surface area contributed by atoms with Crippen molar-refractivity contribution in [2.45, 2.75) is 51.9 Å². The molecule has 1 aliphatic heterocycles.